The Balaban J connectivity index is 2.47. The molecule has 0 spiro atoms. The Hall–Kier alpha value is -1.43. The van der Waals surface area contributed by atoms with Gasteiger partial charge < -0.3 is 7.58 Å². The Morgan fingerprint density at radius 2 is 1.00 bits per heavy atom. The highest BCUT2D eigenvalue weighted by atomic mass is 27.2. The minimum atomic E-state index is -1.95. The molecule has 0 saturated heterocycles. The first kappa shape index (κ1) is 23.8. The largest absolute Gasteiger partial charge is 0.856 e. The molecule has 0 aliphatic carbocycles. The van der Waals surface area contributed by atoms with Crippen LogP contribution in [0.4, 0.5) is 0 Å². The summed E-state index contributed by atoms with van der Waals surface area (Å²) in [5.41, 5.74) is 7.52. The number of aryl methyl sites for hydroxylation is 4. The predicted molar refractivity (Wildman–Crippen MR) is 127 cm³/mol. The fourth-order valence-electron chi connectivity index (χ4n) is 3.79. The van der Waals surface area contributed by atoms with Crippen molar-refractivity contribution >= 4 is 14.8 Å². The molecule has 0 saturated carbocycles. The molecule has 2 nitrogen and oxygen atoms in total. The molecule has 0 N–H and O–H groups in total. The molecule has 0 heterocycles. The quantitative estimate of drug-likeness (QED) is 0.476. The van der Waals surface area contributed by atoms with Crippen molar-refractivity contribution in [1.82, 2.24) is 0 Å². The third kappa shape index (κ3) is 5.81. The second-order valence-electron chi connectivity index (χ2n) is 10.5. The van der Waals surface area contributed by atoms with Gasteiger partial charge in [-0.05, 0) is 66.1 Å². The van der Waals surface area contributed by atoms with Gasteiger partial charge in [0, 0.05) is 0 Å². The summed E-state index contributed by atoms with van der Waals surface area (Å²) in [4.78, 5) is 0. The van der Waals surface area contributed by atoms with Gasteiger partial charge in [-0.2, -0.15) is 0 Å². The monoisotopic (exact) mass is 410 g/mol. The Morgan fingerprint density at radius 1 is 0.655 bits per heavy atom. The van der Waals surface area contributed by atoms with Crippen LogP contribution in [0.25, 0.3) is 0 Å². The summed E-state index contributed by atoms with van der Waals surface area (Å²) in [6, 6.07) is 8.95. The zero-order valence-corrected chi connectivity index (χ0v) is 21.6. The molecule has 0 radical (unpaired) electrons. The van der Waals surface area contributed by atoms with Crippen LogP contribution in [0.1, 0.15) is 81.8 Å². The van der Waals surface area contributed by atoms with Gasteiger partial charge in [-0.1, -0.05) is 83.9 Å². The average molecular weight is 411 g/mol. The van der Waals surface area contributed by atoms with E-state index in [1.807, 2.05) is 0 Å². The number of benzene rings is 2. The second-order valence-corrected chi connectivity index (χ2v) is 12.6. The first-order chi connectivity index (χ1) is 13.2. The number of hydrogen-bond donors (Lipinski definition) is 0. The average Bonchev–Trinajstić information content (AvgIpc) is 2.55. The van der Waals surface area contributed by atoms with Crippen LogP contribution in [0.15, 0.2) is 24.3 Å². The standard InChI is InChI=1S/2C12H18O.C2H5.Al/c2*1-8-6-9(2)11(13)10(7-8)12(3,4)5;1-2;/h2*6-7,13H,1-5H3;1H2,2H3;/q;;;+2/p-2. The van der Waals surface area contributed by atoms with E-state index in [9.17, 15) is 0 Å². The molecular weight excluding hydrogens is 371 g/mol. The third-order valence-electron chi connectivity index (χ3n) is 5.29. The number of rotatable bonds is 5. The van der Waals surface area contributed by atoms with E-state index in [1.165, 1.54) is 33.4 Å². The molecule has 0 fully saturated rings. The van der Waals surface area contributed by atoms with Gasteiger partial charge >= 0.3 is 14.8 Å². The molecular formula is C26H39AlO2. The maximum absolute atomic E-state index is 6.68. The fourth-order valence-corrected chi connectivity index (χ4v) is 5.32. The summed E-state index contributed by atoms with van der Waals surface area (Å²) in [7, 11) is 0. The molecule has 0 bridgehead atoms. The van der Waals surface area contributed by atoms with Crippen molar-refractivity contribution in [2.75, 3.05) is 0 Å². The Morgan fingerprint density at radius 3 is 1.28 bits per heavy atom. The first-order valence-electron chi connectivity index (χ1n) is 10.8. The summed E-state index contributed by atoms with van der Waals surface area (Å²) in [5, 5.41) is 0.911. The van der Waals surface area contributed by atoms with Crippen molar-refractivity contribution in [3.05, 3.63) is 57.6 Å². The highest BCUT2D eigenvalue weighted by Gasteiger charge is 2.35. The Labute approximate surface area is 183 Å². The van der Waals surface area contributed by atoms with Gasteiger partial charge in [-0.3, -0.25) is 0 Å². The van der Waals surface area contributed by atoms with Crippen LogP contribution < -0.4 is 7.58 Å². The normalized spacial score (nSPS) is 12.1. The van der Waals surface area contributed by atoms with Gasteiger partial charge in [-0.25, -0.2) is 0 Å². The van der Waals surface area contributed by atoms with Gasteiger partial charge in [-0.15, -0.1) is 0 Å². The summed E-state index contributed by atoms with van der Waals surface area (Å²) in [6.45, 7) is 24.3. The summed E-state index contributed by atoms with van der Waals surface area (Å²) < 4.78 is 13.4. The van der Waals surface area contributed by atoms with Crippen molar-refractivity contribution in [2.24, 2.45) is 0 Å². The van der Waals surface area contributed by atoms with Gasteiger partial charge in [0.2, 0.25) is 0 Å². The topological polar surface area (TPSA) is 18.5 Å². The second kappa shape index (κ2) is 8.75. The van der Waals surface area contributed by atoms with Gasteiger partial charge in [0.25, 0.3) is 0 Å². The zero-order valence-electron chi connectivity index (χ0n) is 20.4. The van der Waals surface area contributed by atoms with Crippen LogP contribution in [0.2, 0.25) is 5.28 Å². The van der Waals surface area contributed by atoms with E-state index < -0.39 is 14.8 Å². The Kier molecular flexibility index (Phi) is 7.19. The summed E-state index contributed by atoms with van der Waals surface area (Å²) in [5.74, 6) is 2.03. The van der Waals surface area contributed by atoms with Crippen LogP contribution in [-0.4, -0.2) is 14.8 Å². The first-order valence-corrected chi connectivity index (χ1v) is 12.6. The van der Waals surface area contributed by atoms with E-state index in [0.29, 0.717) is 0 Å². The summed E-state index contributed by atoms with van der Waals surface area (Å²) >= 11 is -1.95. The van der Waals surface area contributed by atoms with Crippen LogP contribution in [0.3, 0.4) is 0 Å². The van der Waals surface area contributed by atoms with E-state index >= 15 is 0 Å². The van der Waals surface area contributed by atoms with E-state index in [0.717, 1.165) is 16.8 Å². The maximum atomic E-state index is 6.68. The molecule has 0 unspecified atom stereocenters. The van der Waals surface area contributed by atoms with Crippen LogP contribution in [0, 0.1) is 27.7 Å². The van der Waals surface area contributed by atoms with Crippen LogP contribution in [-0.2, 0) is 10.8 Å². The number of hydrogen-bond acceptors (Lipinski definition) is 2. The summed E-state index contributed by atoms with van der Waals surface area (Å²) in [6.07, 6.45) is 0. The van der Waals surface area contributed by atoms with E-state index in [4.69, 9.17) is 7.58 Å². The lowest BCUT2D eigenvalue weighted by Crippen LogP contribution is -2.32. The van der Waals surface area contributed by atoms with Gasteiger partial charge in [0.15, 0.2) is 0 Å². The van der Waals surface area contributed by atoms with Crippen molar-refractivity contribution in [3.8, 4) is 11.5 Å². The van der Waals surface area contributed by atoms with Crippen LogP contribution >= 0.6 is 0 Å². The fraction of sp³-hybridized carbons (Fsp3) is 0.538. The lowest BCUT2D eigenvalue weighted by molar-refractivity contribution is 0.401. The lowest BCUT2D eigenvalue weighted by atomic mass is 9.84. The lowest BCUT2D eigenvalue weighted by Gasteiger charge is -2.30. The molecule has 0 aromatic heterocycles. The molecule has 158 valence electrons. The van der Waals surface area contributed by atoms with Crippen LogP contribution in [0.5, 0.6) is 11.5 Å². The smallest absolute Gasteiger partial charge is 0.611 e. The molecule has 0 aliphatic heterocycles. The Bertz CT molecular complexity index is 798. The third-order valence-corrected chi connectivity index (χ3v) is 6.95. The SMILES string of the molecule is C[CH2][Al]([O]c1c(C)cc(C)cc1C(C)(C)C)[O]c1c(C)cc(C)cc1C(C)(C)C. The zero-order chi connectivity index (χ0) is 22.1. The van der Waals surface area contributed by atoms with Gasteiger partial charge in [0.05, 0.1) is 11.5 Å². The van der Waals surface area contributed by atoms with Crippen molar-refractivity contribution in [1.29, 1.82) is 0 Å². The highest BCUT2D eigenvalue weighted by Crippen LogP contribution is 2.38. The van der Waals surface area contributed by atoms with E-state index in [2.05, 4.69) is 100 Å². The minimum Gasteiger partial charge on any atom is -0.611 e. The van der Waals surface area contributed by atoms with Gasteiger partial charge in [0.1, 0.15) is 0 Å². The minimum absolute atomic E-state index is 0.0230. The molecule has 2 rings (SSSR count). The molecule has 2 aromatic carbocycles. The maximum Gasteiger partial charge on any atom is 0.856 e. The molecule has 0 amide bonds. The van der Waals surface area contributed by atoms with Crippen molar-refractivity contribution in [2.45, 2.75) is 92.3 Å². The van der Waals surface area contributed by atoms with E-state index in [-0.39, 0.29) is 10.8 Å². The molecule has 29 heavy (non-hydrogen) atoms. The molecule has 0 atom stereocenters. The predicted octanol–water partition coefficient (Wildman–Crippen LogP) is 7.48. The van der Waals surface area contributed by atoms with E-state index in [1.54, 1.807) is 0 Å². The van der Waals surface area contributed by atoms with Crippen molar-refractivity contribution in [3.63, 3.8) is 0 Å². The molecule has 3 heteroatoms. The molecule has 0 aliphatic rings. The highest BCUT2D eigenvalue weighted by molar-refractivity contribution is 6.46. The van der Waals surface area contributed by atoms with Crippen molar-refractivity contribution < 1.29 is 7.58 Å². The molecule has 2 aromatic rings.